The molecule has 4 nitrogen and oxygen atoms in total. The highest BCUT2D eigenvalue weighted by atomic mass is 16.5. The minimum Gasteiger partial charge on any atom is -0.469 e. The second-order valence-electron chi connectivity index (χ2n) is 4.23. The van der Waals surface area contributed by atoms with Crippen molar-refractivity contribution >= 4 is 11.9 Å². The zero-order valence-electron chi connectivity index (χ0n) is 9.54. The number of rotatable bonds is 2. The third-order valence-corrected chi connectivity index (χ3v) is 3.35. The Bertz CT molecular complexity index is 261. The van der Waals surface area contributed by atoms with Crippen LogP contribution in [0.15, 0.2) is 0 Å². The Morgan fingerprint density at radius 1 is 1.20 bits per heavy atom. The molecular weight excluding hydrogens is 196 g/mol. The second kappa shape index (κ2) is 4.64. The molecule has 0 aromatic rings. The highest BCUT2D eigenvalue weighted by Gasteiger charge is 2.48. The average molecular weight is 214 g/mol. The number of carbonyl (C=O) groups is 2. The minimum absolute atomic E-state index is 0.303. The first kappa shape index (κ1) is 12.0. The van der Waals surface area contributed by atoms with Crippen molar-refractivity contribution < 1.29 is 19.1 Å². The SMILES string of the molecule is COC(=O)C1CCCCC1(C)C(=O)OC. The van der Waals surface area contributed by atoms with Crippen LogP contribution in [0.2, 0.25) is 0 Å². The molecule has 1 saturated carbocycles. The van der Waals surface area contributed by atoms with Crippen molar-refractivity contribution in [3.63, 3.8) is 0 Å². The van der Waals surface area contributed by atoms with Crippen molar-refractivity contribution in [3.05, 3.63) is 0 Å². The van der Waals surface area contributed by atoms with Gasteiger partial charge in [-0.1, -0.05) is 12.8 Å². The van der Waals surface area contributed by atoms with Crippen LogP contribution in [0.4, 0.5) is 0 Å². The van der Waals surface area contributed by atoms with E-state index in [-0.39, 0.29) is 17.9 Å². The summed E-state index contributed by atoms with van der Waals surface area (Å²) in [5, 5.41) is 0. The summed E-state index contributed by atoms with van der Waals surface area (Å²) in [4.78, 5) is 23.3. The van der Waals surface area contributed by atoms with Crippen LogP contribution in [0.1, 0.15) is 32.6 Å². The number of ether oxygens (including phenoxy) is 2. The van der Waals surface area contributed by atoms with Gasteiger partial charge in [0.05, 0.1) is 25.6 Å². The number of carbonyl (C=O) groups excluding carboxylic acids is 2. The lowest BCUT2D eigenvalue weighted by molar-refractivity contribution is -0.168. The molecule has 0 spiro atoms. The third-order valence-electron chi connectivity index (χ3n) is 3.35. The molecule has 0 amide bonds. The summed E-state index contributed by atoms with van der Waals surface area (Å²) < 4.78 is 9.50. The van der Waals surface area contributed by atoms with Gasteiger partial charge >= 0.3 is 11.9 Å². The first-order valence-electron chi connectivity index (χ1n) is 5.22. The van der Waals surface area contributed by atoms with Gasteiger partial charge in [-0.05, 0) is 19.8 Å². The maximum Gasteiger partial charge on any atom is 0.312 e. The van der Waals surface area contributed by atoms with Crippen molar-refractivity contribution in [1.82, 2.24) is 0 Å². The molecule has 0 N–H and O–H groups in total. The molecule has 0 aromatic heterocycles. The molecule has 86 valence electrons. The van der Waals surface area contributed by atoms with Gasteiger partial charge in [0.25, 0.3) is 0 Å². The molecule has 2 unspecified atom stereocenters. The maximum absolute atomic E-state index is 11.7. The zero-order valence-corrected chi connectivity index (χ0v) is 9.54. The van der Waals surface area contributed by atoms with Gasteiger partial charge in [0.15, 0.2) is 0 Å². The molecule has 1 aliphatic carbocycles. The molecule has 1 aliphatic rings. The fourth-order valence-corrected chi connectivity index (χ4v) is 2.33. The quantitative estimate of drug-likeness (QED) is 0.654. The van der Waals surface area contributed by atoms with E-state index >= 15 is 0 Å². The van der Waals surface area contributed by atoms with Gasteiger partial charge in [0, 0.05) is 0 Å². The van der Waals surface area contributed by atoms with Crippen molar-refractivity contribution in [3.8, 4) is 0 Å². The summed E-state index contributed by atoms with van der Waals surface area (Å²) in [6, 6.07) is 0. The van der Waals surface area contributed by atoms with Gasteiger partial charge < -0.3 is 9.47 Å². The van der Waals surface area contributed by atoms with Crippen LogP contribution in [-0.2, 0) is 19.1 Å². The molecule has 0 heterocycles. The summed E-state index contributed by atoms with van der Waals surface area (Å²) in [5.41, 5.74) is -0.708. The van der Waals surface area contributed by atoms with Crippen LogP contribution in [0.25, 0.3) is 0 Å². The van der Waals surface area contributed by atoms with Gasteiger partial charge in [-0.15, -0.1) is 0 Å². The van der Waals surface area contributed by atoms with Crippen LogP contribution >= 0.6 is 0 Å². The molecule has 1 fully saturated rings. The van der Waals surface area contributed by atoms with Crippen molar-refractivity contribution in [2.75, 3.05) is 14.2 Å². The van der Waals surface area contributed by atoms with Crippen molar-refractivity contribution in [2.45, 2.75) is 32.6 Å². The third kappa shape index (κ3) is 2.13. The Balaban J connectivity index is 2.90. The summed E-state index contributed by atoms with van der Waals surface area (Å²) in [5.74, 6) is -0.969. The molecule has 1 rings (SSSR count). The standard InChI is InChI=1S/C11H18O4/c1-11(10(13)15-3)7-5-4-6-8(11)9(12)14-2/h8H,4-7H2,1-3H3. The Kier molecular flexibility index (Phi) is 3.72. The van der Waals surface area contributed by atoms with Gasteiger partial charge in [0.2, 0.25) is 0 Å². The molecule has 0 aliphatic heterocycles. The zero-order chi connectivity index (χ0) is 11.5. The van der Waals surface area contributed by atoms with Crippen molar-refractivity contribution in [1.29, 1.82) is 0 Å². The molecular formula is C11H18O4. The fourth-order valence-electron chi connectivity index (χ4n) is 2.33. The average Bonchev–Trinajstić information content (AvgIpc) is 2.27. The summed E-state index contributed by atoms with van der Waals surface area (Å²) in [6.45, 7) is 1.79. The Morgan fingerprint density at radius 2 is 1.87 bits per heavy atom. The molecule has 2 atom stereocenters. The number of esters is 2. The van der Waals surface area contributed by atoms with E-state index in [9.17, 15) is 9.59 Å². The number of methoxy groups -OCH3 is 2. The van der Waals surface area contributed by atoms with Gasteiger partial charge in [-0.2, -0.15) is 0 Å². The lowest BCUT2D eigenvalue weighted by atomic mass is 9.67. The summed E-state index contributed by atoms with van der Waals surface area (Å²) in [7, 11) is 2.71. The maximum atomic E-state index is 11.7. The molecule has 0 radical (unpaired) electrons. The van der Waals surface area contributed by atoms with Crippen LogP contribution in [0.3, 0.4) is 0 Å². The first-order valence-corrected chi connectivity index (χ1v) is 5.22. The topological polar surface area (TPSA) is 52.6 Å². The van der Waals surface area contributed by atoms with E-state index in [0.29, 0.717) is 12.8 Å². The van der Waals surface area contributed by atoms with E-state index in [1.807, 2.05) is 0 Å². The van der Waals surface area contributed by atoms with E-state index in [2.05, 4.69) is 0 Å². The molecule has 0 aromatic carbocycles. The highest BCUT2D eigenvalue weighted by Crippen LogP contribution is 2.42. The van der Waals surface area contributed by atoms with E-state index in [4.69, 9.17) is 9.47 Å². The van der Waals surface area contributed by atoms with Gasteiger partial charge in [-0.3, -0.25) is 9.59 Å². The monoisotopic (exact) mass is 214 g/mol. The Morgan fingerprint density at radius 3 is 2.40 bits per heavy atom. The van der Waals surface area contributed by atoms with E-state index in [0.717, 1.165) is 12.8 Å². The highest BCUT2D eigenvalue weighted by molar-refractivity contribution is 5.85. The van der Waals surface area contributed by atoms with E-state index in [1.165, 1.54) is 14.2 Å². The number of hydrogen-bond donors (Lipinski definition) is 0. The largest absolute Gasteiger partial charge is 0.469 e. The first-order chi connectivity index (χ1) is 7.06. The Hall–Kier alpha value is -1.06. The lowest BCUT2D eigenvalue weighted by Gasteiger charge is -2.36. The molecule has 0 saturated heterocycles. The van der Waals surface area contributed by atoms with Crippen LogP contribution in [0.5, 0.6) is 0 Å². The summed E-state index contributed by atoms with van der Waals surface area (Å²) >= 11 is 0. The molecule has 15 heavy (non-hydrogen) atoms. The summed E-state index contributed by atoms with van der Waals surface area (Å²) in [6.07, 6.45) is 3.32. The lowest BCUT2D eigenvalue weighted by Crippen LogP contribution is -2.43. The van der Waals surface area contributed by atoms with Crippen LogP contribution in [0, 0.1) is 11.3 Å². The van der Waals surface area contributed by atoms with Crippen LogP contribution < -0.4 is 0 Å². The predicted octanol–water partition coefficient (Wildman–Crippen LogP) is 1.53. The Labute approximate surface area is 89.9 Å². The smallest absolute Gasteiger partial charge is 0.312 e. The van der Waals surface area contributed by atoms with Crippen molar-refractivity contribution in [2.24, 2.45) is 11.3 Å². The normalized spacial score (nSPS) is 30.7. The molecule has 4 heteroatoms. The van der Waals surface area contributed by atoms with Crippen LogP contribution in [-0.4, -0.2) is 26.2 Å². The second-order valence-corrected chi connectivity index (χ2v) is 4.23. The number of hydrogen-bond acceptors (Lipinski definition) is 4. The van der Waals surface area contributed by atoms with Gasteiger partial charge in [0.1, 0.15) is 0 Å². The fraction of sp³-hybridized carbons (Fsp3) is 0.818. The van der Waals surface area contributed by atoms with E-state index < -0.39 is 5.41 Å². The minimum atomic E-state index is -0.708. The predicted molar refractivity (Wildman–Crippen MR) is 54.1 cm³/mol. The van der Waals surface area contributed by atoms with Gasteiger partial charge in [-0.25, -0.2) is 0 Å². The van der Waals surface area contributed by atoms with E-state index in [1.54, 1.807) is 6.92 Å². The molecule has 0 bridgehead atoms.